The zero-order valence-corrected chi connectivity index (χ0v) is 16.7. The van der Waals surface area contributed by atoms with E-state index in [0.717, 1.165) is 22.3 Å². The number of methoxy groups -OCH3 is 1. The van der Waals surface area contributed by atoms with Crippen molar-refractivity contribution < 1.29 is 14.3 Å². The minimum absolute atomic E-state index is 0.130. The lowest BCUT2D eigenvalue weighted by Gasteiger charge is -2.11. The largest absolute Gasteiger partial charge is 0.493 e. The van der Waals surface area contributed by atoms with E-state index in [1.807, 2.05) is 49.5 Å². The Balaban J connectivity index is 1.82. The second kappa shape index (κ2) is 8.98. The van der Waals surface area contributed by atoms with Crippen molar-refractivity contribution in [3.05, 3.63) is 59.8 Å². The average molecular weight is 389 g/mol. The monoisotopic (exact) mass is 389 g/mol. The summed E-state index contributed by atoms with van der Waals surface area (Å²) < 4.78 is 12.6. The number of aryl methyl sites for hydroxylation is 2. The minimum Gasteiger partial charge on any atom is -0.493 e. The Labute approximate surface area is 170 Å². The van der Waals surface area contributed by atoms with Crippen molar-refractivity contribution in [3.63, 3.8) is 0 Å². The number of nitrogens with zero attached hydrogens (tertiary/aromatic N) is 2. The van der Waals surface area contributed by atoms with Crippen LogP contribution < -0.4 is 14.8 Å². The van der Waals surface area contributed by atoms with Gasteiger partial charge in [0.1, 0.15) is 6.61 Å². The van der Waals surface area contributed by atoms with Gasteiger partial charge in [0.25, 0.3) is 0 Å². The van der Waals surface area contributed by atoms with Crippen LogP contribution in [0.4, 0.5) is 5.82 Å². The molecule has 2 aromatic carbocycles. The third kappa shape index (κ3) is 4.96. The van der Waals surface area contributed by atoms with Crippen molar-refractivity contribution in [3.8, 4) is 35.0 Å². The van der Waals surface area contributed by atoms with Crippen molar-refractivity contribution in [2.24, 2.45) is 7.05 Å². The summed E-state index contributed by atoms with van der Waals surface area (Å²) in [6.07, 6.45) is 7.38. The molecule has 0 saturated heterocycles. The number of anilines is 1. The van der Waals surface area contributed by atoms with E-state index in [9.17, 15) is 4.79 Å². The lowest BCUT2D eigenvalue weighted by Crippen LogP contribution is -2.15. The number of carbonyl (C=O) groups excluding carboxylic acids is 1. The molecule has 6 nitrogen and oxygen atoms in total. The first-order chi connectivity index (χ1) is 14.0. The number of hydrogen-bond donors (Lipinski definition) is 1. The molecule has 0 unspecified atom stereocenters. The molecule has 29 heavy (non-hydrogen) atoms. The van der Waals surface area contributed by atoms with E-state index in [1.54, 1.807) is 24.9 Å². The first kappa shape index (κ1) is 20.0. The third-order valence-electron chi connectivity index (χ3n) is 4.36. The van der Waals surface area contributed by atoms with Crippen LogP contribution in [0.2, 0.25) is 0 Å². The minimum atomic E-state index is -0.130. The SMILES string of the molecule is C#CCOc1ccc(-c2cn(C)nc2NC(=O)Cc2ccc(C)cc2)cc1OC. The Bertz CT molecular complexity index is 1050. The van der Waals surface area contributed by atoms with Gasteiger partial charge in [-0.25, -0.2) is 0 Å². The standard InChI is InChI=1S/C23H23N3O3/c1-5-12-29-20-11-10-18(14-21(20)28-4)19-15-26(3)25-23(19)24-22(27)13-17-8-6-16(2)7-9-17/h1,6-11,14-15H,12-13H2,2-4H3,(H,24,25,27). The molecule has 3 rings (SSSR count). The van der Waals surface area contributed by atoms with Gasteiger partial charge < -0.3 is 14.8 Å². The number of amides is 1. The highest BCUT2D eigenvalue weighted by Gasteiger charge is 2.15. The molecule has 0 aliphatic rings. The van der Waals surface area contributed by atoms with E-state index in [4.69, 9.17) is 15.9 Å². The number of ether oxygens (including phenoxy) is 2. The molecule has 0 aliphatic heterocycles. The first-order valence-corrected chi connectivity index (χ1v) is 9.14. The summed E-state index contributed by atoms with van der Waals surface area (Å²) in [4.78, 5) is 12.5. The highest BCUT2D eigenvalue weighted by atomic mass is 16.5. The lowest BCUT2D eigenvalue weighted by molar-refractivity contribution is -0.115. The second-order valence-electron chi connectivity index (χ2n) is 6.63. The normalized spacial score (nSPS) is 10.3. The Morgan fingerprint density at radius 2 is 1.97 bits per heavy atom. The highest BCUT2D eigenvalue weighted by molar-refractivity contribution is 5.95. The van der Waals surface area contributed by atoms with Gasteiger partial charge >= 0.3 is 0 Å². The summed E-state index contributed by atoms with van der Waals surface area (Å²) in [6, 6.07) is 13.4. The predicted octanol–water partition coefficient (Wildman–Crippen LogP) is 3.60. The number of aromatic nitrogens is 2. The van der Waals surface area contributed by atoms with Gasteiger partial charge in [0.2, 0.25) is 5.91 Å². The van der Waals surface area contributed by atoms with Crippen LogP contribution in [-0.2, 0) is 18.3 Å². The molecule has 0 saturated carbocycles. The Hall–Kier alpha value is -3.72. The summed E-state index contributed by atoms with van der Waals surface area (Å²) in [7, 11) is 3.37. The molecule has 3 aromatic rings. The van der Waals surface area contributed by atoms with Crippen molar-refractivity contribution in [2.45, 2.75) is 13.3 Å². The molecule has 1 N–H and O–H groups in total. The third-order valence-corrected chi connectivity index (χ3v) is 4.36. The first-order valence-electron chi connectivity index (χ1n) is 9.14. The fourth-order valence-electron chi connectivity index (χ4n) is 2.93. The van der Waals surface area contributed by atoms with Crippen LogP contribution in [0.5, 0.6) is 11.5 Å². The molecule has 1 aromatic heterocycles. The zero-order chi connectivity index (χ0) is 20.8. The molecule has 0 fully saturated rings. The van der Waals surface area contributed by atoms with Gasteiger partial charge in [-0.2, -0.15) is 5.10 Å². The van der Waals surface area contributed by atoms with E-state index < -0.39 is 0 Å². The maximum atomic E-state index is 12.5. The molecule has 6 heteroatoms. The molecular formula is C23H23N3O3. The van der Waals surface area contributed by atoms with Crippen molar-refractivity contribution in [2.75, 3.05) is 19.0 Å². The fourth-order valence-corrected chi connectivity index (χ4v) is 2.93. The van der Waals surface area contributed by atoms with E-state index in [2.05, 4.69) is 16.3 Å². The Kier molecular flexibility index (Phi) is 6.20. The predicted molar refractivity (Wildman–Crippen MR) is 113 cm³/mol. The summed E-state index contributed by atoms with van der Waals surface area (Å²) >= 11 is 0. The quantitative estimate of drug-likeness (QED) is 0.627. The number of carbonyl (C=O) groups is 1. The number of nitrogens with one attached hydrogen (secondary N) is 1. The smallest absolute Gasteiger partial charge is 0.230 e. The van der Waals surface area contributed by atoms with Crippen LogP contribution >= 0.6 is 0 Å². The van der Waals surface area contributed by atoms with Gasteiger partial charge in [0, 0.05) is 18.8 Å². The van der Waals surface area contributed by atoms with Crippen LogP contribution in [0.15, 0.2) is 48.7 Å². The number of benzene rings is 2. The summed E-state index contributed by atoms with van der Waals surface area (Å²) in [5.41, 5.74) is 3.73. The van der Waals surface area contributed by atoms with E-state index >= 15 is 0 Å². The molecular weight excluding hydrogens is 366 g/mol. The van der Waals surface area contributed by atoms with Gasteiger partial charge in [0.05, 0.1) is 13.5 Å². The molecule has 0 spiro atoms. The fraction of sp³-hybridized carbons (Fsp3) is 0.217. The number of hydrogen-bond acceptors (Lipinski definition) is 4. The molecule has 148 valence electrons. The molecule has 0 atom stereocenters. The molecule has 0 radical (unpaired) electrons. The lowest BCUT2D eigenvalue weighted by atomic mass is 10.1. The number of rotatable bonds is 7. The van der Waals surface area contributed by atoms with Gasteiger partial charge in [-0.05, 0) is 30.2 Å². The van der Waals surface area contributed by atoms with Crippen molar-refractivity contribution >= 4 is 11.7 Å². The maximum absolute atomic E-state index is 12.5. The van der Waals surface area contributed by atoms with Gasteiger partial charge in [-0.3, -0.25) is 9.48 Å². The molecule has 0 bridgehead atoms. The van der Waals surface area contributed by atoms with Crippen LogP contribution in [-0.4, -0.2) is 29.4 Å². The van der Waals surface area contributed by atoms with Crippen LogP contribution in [0.25, 0.3) is 11.1 Å². The summed E-state index contributed by atoms with van der Waals surface area (Å²) in [5.74, 6) is 3.90. The Morgan fingerprint density at radius 1 is 1.21 bits per heavy atom. The molecule has 1 amide bonds. The van der Waals surface area contributed by atoms with Crippen LogP contribution in [0.3, 0.4) is 0 Å². The zero-order valence-electron chi connectivity index (χ0n) is 16.7. The van der Waals surface area contributed by atoms with Gasteiger partial charge in [0.15, 0.2) is 17.3 Å². The van der Waals surface area contributed by atoms with E-state index in [-0.39, 0.29) is 18.9 Å². The molecule has 1 heterocycles. The van der Waals surface area contributed by atoms with Crippen LogP contribution in [0, 0.1) is 19.3 Å². The van der Waals surface area contributed by atoms with Crippen LogP contribution in [0.1, 0.15) is 11.1 Å². The summed E-state index contributed by atoms with van der Waals surface area (Å²) in [6.45, 7) is 2.17. The topological polar surface area (TPSA) is 65.4 Å². The highest BCUT2D eigenvalue weighted by Crippen LogP contribution is 2.35. The number of terminal acetylenes is 1. The van der Waals surface area contributed by atoms with Gasteiger partial charge in [-0.1, -0.05) is 41.8 Å². The Morgan fingerprint density at radius 3 is 2.66 bits per heavy atom. The average Bonchev–Trinajstić information content (AvgIpc) is 3.07. The van der Waals surface area contributed by atoms with Crippen molar-refractivity contribution in [1.29, 1.82) is 0 Å². The van der Waals surface area contributed by atoms with E-state index in [1.165, 1.54) is 0 Å². The maximum Gasteiger partial charge on any atom is 0.230 e. The van der Waals surface area contributed by atoms with Crippen molar-refractivity contribution in [1.82, 2.24) is 9.78 Å². The molecule has 0 aliphatic carbocycles. The van der Waals surface area contributed by atoms with E-state index in [0.29, 0.717) is 17.3 Å². The summed E-state index contributed by atoms with van der Waals surface area (Å²) in [5, 5.41) is 7.31. The van der Waals surface area contributed by atoms with Gasteiger partial charge in [-0.15, -0.1) is 6.42 Å². The second-order valence-corrected chi connectivity index (χ2v) is 6.63.